The van der Waals surface area contributed by atoms with Crippen molar-refractivity contribution in [2.75, 3.05) is 11.9 Å². The number of aliphatic hydroxyl groups excluding tert-OH is 1. The number of halogens is 3. The van der Waals surface area contributed by atoms with Gasteiger partial charge in [-0.3, -0.25) is 9.69 Å². The van der Waals surface area contributed by atoms with Gasteiger partial charge in [0.15, 0.2) is 11.0 Å². The fraction of sp³-hybridized carbons (Fsp3) is 0.556. The Hall–Kier alpha value is -2.67. The number of ether oxygens (including phenoxy) is 1. The van der Waals surface area contributed by atoms with Gasteiger partial charge >= 0.3 is 6.18 Å². The van der Waals surface area contributed by atoms with Gasteiger partial charge in [-0.05, 0) is 69.2 Å². The third-order valence-electron chi connectivity index (χ3n) is 8.13. The fourth-order valence-corrected chi connectivity index (χ4v) is 6.78. The maximum absolute atomic E-state index is 13.3. The van der Waals surface area contributed by atoms with Crippen molar-refractivity contribution < 1.29 is 27.8 Å². The van der Waals surface area contributed by atoms with Crippen LogP contribution in [0.2, 0.25) is 0 Å². The maximum Gasteiger partial charge on any atom is 0.404 e. The minimum absolute atomic E-state index is 0.140. The molecule has 0 spiro atoms. The summed E-state index contributed by atoms with van der Waals surface area (Å²) in [5, 5.41) is 13.2. The van der Waals surface area contributed by atoms with Crippen molar-refractivity contribution in [2.24, 2.45) is 5.92 Å². The first-order valence-electron chi connectivity index (χ1n) is 13.4. The van der Waals surface area contributed by atoms with Crippen LogP contribution in [0.25, 0.3) is 21.3 Å². The molecule has 2 saturated carbocycles. The van der Waals surface area contributed by atoms with Crippen LogP contribution in [0.5, 0.6) is 0 Å². The number of alkyl halides is 3. The second-order valence-corrected chi connectivity index (χ2v) is 11.7. The Morgan fingerprint density at radius 2 is 1.92 bits per heavy atom. The lowest BCUT2D eigenvalue weighted by Gasteiger charge is -2.43. The lowest BCUT2D eigenvalue weighted by atomic mass is 9.78. The van der Waals surface area contributed by atoms with E-state index in [2.05, 4.69) is 20.3 Å². The lowest BCUT2D eigenvalue weighted by molar-refractivity contribution is -0.186. The Kier molecular flexibility index (Phi) is 7.30. The van der Waals surface area contributed by atoms with Gasteiger partial charge in [0, 0.05) is 29.9 Å². The monoisotopic (exact) mass is 561 g/mol. The number of hydrogen-bond acceptors (Lipinski definition) is 8. The molecule has 8 nitrogen and oxygen atoms in total. The van der Waals surface area contributed by atoms with Crippen LogP contribution < -0.4 is 5.32 Å². The molecule has 3 aromatic rings. The van der Waals surface area contributed by atoms with Crippen molar-refractivity contribution in [1.82, 2.24) is 19.9 Å². The van der Waals surface area contributed by atoms with E-state index in [0.717, 1.165) is 40.6 Å². The van der Waals surface area contributed by atoms with E-state index in [1.807, 2.05) is 18.2 Å². The number of fused-ring (bicyclic) bond motifs is 1. The number of carbonyl (C=O) groups is 1. The minimum Gasteiger partial charge on any atom is -0.390 e. The summed E-state index contributed by atoms with van der Waals surface area (Å²) in [7, 11) is 0. The van der Waals surface area contributed by atoms with Gasteiger partial charge in [-0.1, -0.05) is 17.4 Å². The van der Waals surface area contributed by atoms with Gasteiger partial charge in [0.25, 0.3) is 0 Å². The molecule has 12 heteroatoms. The highest BCUT2D eigenvalue weighted by Crippen LogP contribution is 2.41. The molecule has 0 bridgehead atoms. The molecule has 0 radical (unpaired) electrons. The largest absolute Gasteiger partial charge is 0.404 e. The molecule has 1 amide bonds. The van der Waals surface area contributed by atoms with Crippen LogP contribution in [-0.4, -0.2) is 67.9 Å². The zero-order valence-electron chi connectivity index (χ0n) is 21.2. The number of aliphatic hydroxyl groups is 1. The third kappa shape index (κ3) is 5.65. The number of thiazole rings is 1. The molecule has 3 fully saturated rings. The zero-order valence-corrected chi connectivity index (χ0v) is 22.0. The SMILES string of the molecule is O=C(Nc1nc2ccc(-c3cnc(CO[C@H]4CCC[C@@H]4O)nc3)cc2s1)C1CC(N2CCC[C@@H]2C(F)(F)F)C1. The number of rotatable bonds is 7. The van der Waals surface area contributed by atoms with E-state index in [4.69, 9.17) is 4.74 Å². The highest BCUT2D eigenvalue weighted by molar-refractivity contribution is 7.22. The Labute approximate surface area is 227 Å². The number of hydrogen-bond donors (Lipinski definition) is 2. The van der Waals surface area contributed by atoms with Crippen molar-refractivity contribution in [3.63, 3.8) is 0 Å². The number of likely N-dealkylation sites (tertiary alicyclic amines) is 1. The Morgan fingerprint density at radius 3 is 2.64 bits per heavy atom. The fourth-order valence-electron chi connectivity index (χ4n) is 5.88. The minimum atomic E-state index is -4.22. The van der Waals surface area contributed by atoms with E-state index in [1.165, 1.54) is 16.2 Å². The van der Waals surface area contributed by atoms with Crippen LogP contribution in [0.15, 0.2) is 30.6 Å². The van der Waals surface area contributed by atoms with E-state index in [9.17, 15) is 23.1 Å². The Balaban J connectivity index is 1.05. The van der Waals surface area contributed by atoms with Crippen molar-refractivity contribution in [2.45, 2.75) is 82.0 Å². The number of benzene rings is 1. The number of amides is 1. The van der Waals surface area contributed by atoms with Gasteiger partial charge in [0.2, 0.25) is 5.91 Å². The van der Waals surface area contributed by atoms with E-state index < -0.39 is 18.3 Å². The standard InChI is InChI=1S/C27H30F3N5O3S/c28-27(29,30)23-5-2-8-35(23)18-9-16(10-18)25(37)34-26-33-19-7-6-15(11-22(19)39-26)17-12-31-24(32-13-17)14-38-21-4-1-3-20(21)36/h6-7,11-13,16,18,20-21,23,36H,1-5,8-10,14H2,(H,33,34,37)/t16?,18?,20-,21-,23+/m0/s1. The predicted molar refractivity (Wildman–Crippen MR) is 140 cm³/mol. The molecule has 1 aliphatic heterocycles. The third-order valence-corrected chi connectivity index (χ3v) is 9.06. The van der Waals surface area contributed by atoms with Crippen molar-refractivity contribution in [3.05, 3.63) is 36.4 Å². The maximum atomic E-state index is 13.3. The topological polar surface area (TPSA) is 100 Å². The second-order valence-electron chi connectivity index (χ2n) is 10.7. The van der Waals surface area contributed by atoms with E-state index in [0.29, 0.717) is 36.8 Å². The molecular weight excluding hydrogens is 531 g/mol. The predicted octanol–water partition coefficient (Wildman–Crippen LogP) is 4.93. The van der Waals surface area contributed by atoms with Crippen molar-refractivity contribution >= 4 is 32.6 Å². The smallest absolute Gasteiger partial charge is 0.390 e. The molecule has 3 atom stereocenters. The molecule has 3 heterocycles. The number of aromatic nitrogens is 3. The Bertz CT molecular complexity index is 1330. The molecule has 2 aromatic heterocycles. The molecule has 2 N–H and O–H groups in total. The summed E-state index contributed by atoms with van der Waals surface area (Å²) < 4.78 is 46.5. The number of anilines is 1. The molecule has 3 aliphatic rings. The van der Waals surface area contributed by atoms with E-state index >= 15 is 0 Å². The molecule has 2 aliphatic carbocycles. The summed E-state index contributed by atoms with van der Waals surface area (Å²) in [6.45, 7) is 0.692. The first-order valence-corrected chi connectivity index (χ1v) is 14.2. The molecule has 39 heavy (non-hydrogen) atoms. The lowest BCUT2D eigenvalue weighted by Crippen LogP contribution is -2.53. The van der Waals surface area contributed by atoms with Gasteiger partial charge in [0.05, 0.1) is 22.4 Å². The summed E-state index contributed by atoms with van der Waals surface area (Å²) >= 11 is 1.36. The average molecular weight is 562 g/mol. The molecule has 208 valence electrons. The normalized spacial score (nSPS) is 27.6. The Morgan fingerprint density at radius 1 is 1.13 bits per heavy atom. The van der Waals surface area contributed by atoms with Crippen molar-refractivity contribution in [1.29, 1.82) is 0 Å². The van der Waals surface area contributed by atoms with Crippen LogP contribution in [-0.2, 0) is 16.1 Å². The summed E-state index contributed by atoms with van der Waals surface area (Å²) in [5.74, 6) is 0.0619. The van der Waals surface area contributed by atoms with Gasteiger partial charge in [-0.15, -0.1) is 0 Å². The summed E-state index contributed by atoms with van der Waals surface area (Å²) in [6.07, 6.45) is 2.81. The van der Waals surface area contributed by atoms with Crippen LogP contribution in [0.4, 0.5) is 18.3 Å². The summed E-state index contributed by atoms with van der Waals surface area (Å²) in [5.41, 5.74) is 2.49. The van der Waals surface area contributed by atoms with Crippen LogP contribution in [0.1, 0.15) is 50.8 Å². The summed E-state index contributed by atoms with van der Waals surface area (Å²) in [6, 6.07) is 4.18. The summed E-state index contributed by atoms with van der Waals surface area (Å²) in [4.78, 5) is 27.6. The second kappa shape index (κ2) is 10.7. The number of nitrogens with one attached hydrogen (secondary N) is 1. The van der Waals surface area contributed by atoms with E-state index in [-0.39, 0.29) is 37.0 Å². The van der Waals surface area contributed by atoms with Gasteiger partial charge in [-0.2, -0.15) is 13.2 Å². The van der Waals surface area contributed by atoms with Crippen molar-refractivity contribution in [3.8, 4) is 11.1 Å². The molecule has 0 unspecified atom stereocenters. The van der Waals surface area contributed by atoms with Gasteiger partial charge < -0.3 is 15.2 Å². The molecular formula is C27H30F3N5O3S. The first-order chi connectivity index (χ1) is 18.7. The quantitative estimate of drug-likeness (QED) is 0.422. The van der Waals surface area contributed by atoms with Crippen LogP contribution in [0, 0.1) is 5.92 Å². The zero-order chi connectivity index (χ0) is 27.1. The van der Waals surface area contributed by atoms with Gasteiger partial charge in [0.1, 0.15) is 12.6 Å². The highest BCUT2D eigenvalue weighted by Gasteiger charge is 2.51. The number of nitrogens with zero attached hydrogens (tertiary/aromatic N) is 4. The molecule has 1 aromatic carbocycles. The molecule has 1 saturated heterocycles. The molecule has 6 rings (SSSR count). The van der Waals surface area contributed by atoms with Gasteiger partial charge in [-0.25, -0.2) is 15.0 Å². The van der Waals surface area contributed by atoms with Crippen LogP contribution >= 0.6 is 11.3 Å². The first kappa shape index (κ1) is 26.5. The highest BCUT2D eigenvalue weighted by atomic mass is 32.1. The number of carbonyl (C=O) groups excluding carboxylic acids is 1. The average Bonchev–Trinajstić information content (AvgIpc) is 3.61. The van der Waals surface area contributed by atoms with E-state index in [1.54, 1.807) is 12.4 Å². The van der Waals surface area contributed by atoms with Crippen LogP contribution in [0.3, 0.4) is 0 Å².